The van der Waals surface area contributed by atoms with Gasteiger partial charge >= 0.3 is 11.8 Å². The number of hydrogen-bond acceptors (Lipinski definition) is 6. The van der Waals surface area contributed by atoms with Crippen LogP contribution in [-0.2, 0) is 0 Å². The molecule has 3 N–H and O–H groups in total. The molecule has 0 unspecified atom stereocenters. The number of rotatable bonds is 4. The molecule has 0 radical (unpaired) electrons. The van der Waals surface area contributed by atoms with Crippen LogP contribution in [0.4, 0.5) is 16.2 Å². The summed E-state index contributed by atoms with van der Waals surface area (Å²) in [4.78, 5) is 25.6. The molecule has 8 nitrogen and oxygen atoms in total. The van der Waals surface area contributed by atoms with Crippen LogP contribution >= 0.6 is 11.3 Å². The number of pyridine rings is 1. The second kappa shape index (κ2) is 6.37. The van der Waals surface area contributed by atoms with E-state index in [1.165, 1.54) is 17.5 Å². The third-order valence-corrected chi connectivity index (χ3v) is 4.97. The quantitative estimate of drug-likeness (QED) is 0.583. The van der Waals surface area contributed by atoms with Crippen molar-refractivity contribution in [3.8, 4) is 0 Å². The van der Waals surface area contributed by atoms with Gasteiger partial charge in [-0.2, -0.15) is 0 Å². The summed E-state index contributed by atoms with van der Waals surface area (Å²) in [5.41, 5.74) is 1.24. The molecule has 23 heavy (non-hydrogen) atoms. The van der Waals surface area contributed by atoms with Crippen LogP contribution in [0.1, 0.15) is 25.7 Å². The highest BCUT2D eigenvalue weighted by molar-refractivity contribution is 7.17. The largest absolute Gasteiger partial charge is 0.465 e. The Morgan fingerprint density at radius 2 is 2.04 bits per heavy atom. The maximum absolute atomic E-state index is 11.3. The van der Waals surface area contributed by atoms with Crippen LogP contribution in [0.25, 0.3) is 10.2 Å². The van der Waals surface area contributed by atoms with Gasteiger partial charge in [-0.15, -0.1) is 11.3 Å². The van der Waals surface area contributed by atoms with Gasteiger partial charge in [0.25, 0.3) is 0 Å². The Kier molecular flexibility index (Phi) is 4.28. The molecule has 122 valence electrons. The Morgan fingerprint density at radius 3 is 2.70 bits per heavy atom. The van der Waals surface area contributed by atoms with Crippen LogP contribution in [0.5, 0.6) is 0 Å². The second-order valence-electron chi connectivity index (χ2n) is 5.55. The van der Waals surface area contributed by atoms with Crippen molar-refractivity contribution < 1.29 is 14.8 Å². The minimum absolute atomic E-state index is 0.0225. The van der Waals surface area contributed by atoms with Gasteiger partial charge < -0.3 is 15.7 Å². The van der Waals surface area contributed by atoms with E-state index in [-0.39, 0.29) is 17.8 Å². The molecule has 1 saturated carbocycles. The highest BCUT2D eigenvalue weighted by Crippen LogP contribution is 2.36. The fraction of sp³-hybridized carbons (Fsp3) is 0.429. The molecule has 0 atom stereocenters. The van der Waals surface area contributed by atoms with Gasteiger partial charge in [0.2, 0.25) is 0 Å². The fourth-order valence-electron chi connectivity index (χ4n) is 2.94. The number of carboxylic acid groups (broad SMARTS) is 1. The number of thiophene rings is 1. The lowest BCUT2D eigenvalue weighted by atomic mass is 9.91. The van der Waals surface area contributed by atoms with E-state index in [4.69, 9.17) is 5.11 Å². The average molecular weight is 336 g/mol. The minimum Gasteiger partial charge on any atom is -0.465 e. The van der Waals surface area contributed by atoms with E-state index in [0.29, 0.717) is 5.69 Å². The van der Waals surface area contributed by atoms with Crippen molar-refractivity contribution >= 4 is 39.0 Å². The van der Waals surface area contributed by atoms with E-state index in [2.05, 4.69) is 15.6 Å². The molecule has 1 amide bonds. The minimum atomic E-state index is -1.01. The van der Waals surface area contributed by atoms with Crippen molar-refractivity contribution in [1.82, 2.24) is 10.3 Å². The van der Waals surface area contributed by atoms with Crippen LogP contribution in [0.2, 0.25) is 0 Å². The van der Waals surface area contributed by atoms with Crippen molar-refractivity contribution in [3.05, 3.63) is 27.8 Å². The first-order valence-electron chi connectivity index (χ1n) is 7.31. The summed E-state index contributed by atoms with van der Waals surface area (Å²) in [5, 5.41) is 27.7. The maximum Gasteiger partial charge on any atom is 0.404 e. The highest BCUT2D eigenvalue weighted by Gasteiger charge is 2.26. The van der Waals surface area contributed by atoms with Gasteiger partial charge in [0, 0.05) is 12.1 Å². The lowest BCUT2D eigenvalue weighted by Gasteiger charge is -2.29. The first kappa shape index (κ1) is 15.5. The van der Waals surface area contributed by atoms with Gasteiger partial charge in [-0.1, -0.05) is 0 Å². The number of hydrogen-bond donors (Lipinski definition) is 3. The summed E-state index contributed by atoms with van der Waals surface area (Å²) in [6, 6.07) is 1.88. The molecule has 2 heterocycles. The van der Waals surface area contributed by atoms with Gasteiger partial charge in [0.05, 0.1) is 15.1 Å². The molecule has 2 aromatic heterocycles. The van der Waals surface area contributed by atoms with Crippen molar-refractivity contribution in [2.45, 2.75) is 37.8 Å². The number of nitrogens with zero attached hydrogens (tertiary/aromatic N) is 2. The molecule has 1 aliphatic carbocycles. The first-order valence-corrected chi connectivity index (χ1v) is 8.19. The van der Waals surface area contributed by atoms with Crippen molar-refractivity contribution in [2.24, 2.45) is 0 Å². The van der Waals surface area contributed by atoms with E-state index in [9.17, 15) is 14.9 Å². The number of aromatic nitrogens is 1. The third-order valence-electron chi connectivity index (χ3n) is 4.05. The summed E-state index contributed by atoms with van der Waals surface area (Å²) in [7, 11) is 0. The predicted octanol–water partition coefficient (Wildman–Crippen LogP) is 3.20. The molecule has 2 aromatic rings. The van der Waals surface area contributed by atoms with Crippen LogP contribution in [0.15, 0.2) is 17.6 Å². The number of anilines is 1. The Morgan fingerprint density at radius 1 is 1.35 bits per heavy atom. The van der Waals surface area contributed by atoms with Crippen LogP contribution in [0, 0.1) is 10.1 Å². The molecule has 0 bridgehead atoms. The van der Waals surface area contributed by atoms with Crippen LogP contribution in [0.3, 0.4) is 0 Å². The van der Waals surface area contributed by atoms with Crippen LogP contribution in [-0.4, -0.2) is 33.2 Å². The average Bonchev–Trinajstić information content (AvgIpc) is 2.97. The molecule has 1 fully saturated rings. The zero-order valence-corrected chi connectivity index (χ0v) is 13.0. The molecular weight excluding hydrogens is 320 g/mol. The standard InChI is InChI=1S/C14H16N4O4S/c19-14(20)17-9-3-1-8(2-4-9)16-12-11(18(21)22)7-15-10-5-6-23-13(10)12/h5-9,17H,1-4H2,(H,15,16)(H,19,20). The zero-order chi connectivity index (χ0) is 16.4. The van der Waals surface area contributed by atoms with Crippen molar-refractivity contribution in [3.63, 3.8) is 0 Å². The monoisotopic (exact) mass is 336 g/mol. The predicted molar refractivity (Wildman–Crippen MR) is 87.1 cm³/mol. The third kappa shape index (κ3) is 3.34. The Balaban J connectivity index is 1.77. The van der Waals surface area contributed by atoms with E-state index < -0.39 is 11.0 Å². The summed E-state index contributed by atoms with van der Waals surface area (Å²) < 4.78 is 0.782. The van der Waals surface area contributed by atoms with Crippen molar-refractivity contribution in [2.75, 3.05) is 5.32 Å². The van der Waals surface area contributed by atoms with E-state index in [1.54, 1.807) is 0 Å². The molecular formula is C14H16N4O4S. The second-order valence-corrected chi connectivity index (χ2v) is 6.47. The molecule has 3 rings (SSSR count). The smallest absolute Gasteiger partial charge is 0.404 e. The lowest BCUT2D eigenvalue weighted by molar-refractivity contribution is -0.384. The highest BCUT2D eigenvalue weighted by atomic mass is 32.1. The maximum atomic E-state index is 11.3. The van der Waals surface area contributed by atoms with Gasteiger partial charge in [0.15, 0.2) is 0 Å². The molecule has 1 aliphatic rings. The number of fused-ring (bicyclic) bond motifs is 1. The summed E-state index contributed by atoms with van der Waals surface area (Å²) in [6.07, 6.45) is 3.24. The van der Waals surface area contributed by atoms with E-state index in [1.807, 2.05) is 11.4 Å². The number of nitro groups is 1. The fourth-order valence-corrected chi connectivity index (χ4v) is 3.80. The molecule has 0 saturated heterocycles. The van der Waals surface area contributed by atoms with E-state index in [0.717, 1.165) is 35.9 Å². The molecule has 0 spiro atoms. The van der Waals surface area contributed by atoms with Crippen LogP contribution < -0.4 is 10.6 Å². The molecule has 0 aliphatic heterocycles. The summed E-state index contributed by atoms with van der Waals surface area (Å²) in [5.74, 6) is 0. The Bertz CT molecular complexity index is 739. The van der Waals surface area contributed by atoms with Gasteiger partial charge in [-0.05, 0) is 37.1 Å². The summed E-state index contributed by atoms with van der Waals surface area (Å²) >= 11 is 1.42. The van der Waals surface area contributed by atoms with Gasteiger partial charge in [-0.25, -0.2) is 9.78 Å². The SMILES string of the molecule is O=C(O)NC1CCC(Nc2c([N+](=O)[O-])cnc3ccsc23)CC1. The summed E-state index contributed by atoms with van der Waals surface area (Å²) in [6.45, 7) is 0. The number of carbonyl (C=O) groups is 1. The Labute approximate surface area is 135 Å². The Hall–Kier alpha value is -2.42. The normalized spacial score (nSPS) is 21.0. The lowest BCUT2D eigenvalue weighted by Crippen LogP contribution is -2.39. The number of amides is 1. The van der Waals surface area contributed by atoms with Gasteiger partial charge in [-0.3, -0.25) is 10.1 Å². The van der Waals surface area contributed by atoms with Gasteiger partial charge in [0.1, 0.15) is 11.9 Å². The number of nitrogens with one attached hydrogen (secondary N) is 2. The van der Waals surface area contributed by atoms with E-state index >= 15 is 0 Å². The zero-order valence-electron chi connectivity index (χ0n) is 12.2. The topological polar surface area (TPSA) is 117 Å². The molecule has 9 heteroatoms. The first-order chi connectivity index (χ1) is 11.0. The van der Waals surface area contributed by atoms with Crippen molar-refractivity contribution in [1.29, 1.82) is 0 Å². The molecule has 0 aromatic carbocycles.